The van der Waals surface area contributed by atoms with Crippen LogP contribution in [0, 0.1) is 10.1 Å². The molecule has 1 N–H and O–H groups in total. The first-order valence-corrected chi connectivity index (χ1v) is 9.32. The summed E-state index contributed by atoms with van der Waals surface area (Å²) in [7, 11) is 0. The van der Waals surface area contributed by atoms with Gasteiger partial charge in [-0.2, -0.15) is 5.10 Å². The lowest BCUT2D eigenvalue weighted by Gasteiger charge is -2.06. The summed E-state index contributed by atoms with van der Waals surface area (Å²) in [5.74, 6) is -0.528. The van der Waals surface area contributed by atoms with E-state index in [1.54, 1.807) is 60.7 Å². The number of carbonyl (C=O) groups excluding carboxylic acids is 2. The highest BCUT2D eigenvalue weighted by Gasteiger charge is 2.13. The van der Waals surface area contributed by atoms with E-state index in [2.05, 4.69) is 10.4 Å². The molecule has 0 radical (unpaired) electrons. The van der Waals surface area contributed by atoms with Crippen LogP contribution in [0.3, 0.4) is 0 Å². The van der Waals surface area contributed by atoms with Crippen molar-refractivity contribution in [2.75, 3.05) is 5.32 Å². The molecule has 0 unspecified atom stereocenters. The number of ketones is 1. The van der Waals surface area contributed by atoms with Crippen molar-refractivity contribution in [3.8, 4) is 5.69 Å². The van der Waals surface area contributed by atoms with Crippen LogP contribution in [0.2, 0.25) is 0 Å². The fourth-order valence-electron chi connectivity index (χ4n) is 3.01. The molecule has 1 heterocycles. The third-order valence-corrected chi connectivity index (χ3v) is 4.59. The summed E-state index contributed by atoms with van der Waals surface area (Å²) in [6, 6.07) is 21.4. The van der Waals surface area contributed by atoms with Gasteiger partial charge in [-0.05, 0) is 24.3 Å². The molecular formula is C23H16N4O4. The molecule has 1 aromatic heterocycles. The average Bonchev–Trinajstić information content (AvgIpc) is 3.30. The number of anilines is 1. The highest BCUT2D eigenvalue weighted by Crippen LogP contribution is 2.18. The number of hydrogen-bond acceptors (Lipinski definition) is 5. The molecule has 0 spiro atoms. The standard InChI is InChI=1S/C23H16N4O4/c28-22(16-5-2-1-3-6-16)17-7-4-8-19(13-17)25-23(29)18-14-24-26(15-18)20-9-11-21(12-10-20)27(30)31/h1-15H,(H,25,29). The van der Waals surface area contributed by atoms with Gasteiger partial charge in [-0.3, -0.25) is 19.7 Å². The van der Waals surface area contributed by atoms with Gasteiger partial charge >= 0.3 is 0 Å². The quantitative estimate of drug-likeness (QED) is 0.289. The molecule has 3 aromatic carbocycles. The number of rotatable bonds is 6. The van der Waals surface area contributed by atoms with E-state index in [9.17, 15) is 19.7 Å². The zero-order valence-corrected chi connectivity index (χ0v) is 16.1. The minimum Gasteiger partial charge on any atom is -0.322 e. The van der Waals surface area contributed by atoms with E-state index < -0.39 is 10.8 Å². The first-order chi connectivity index (χ1) is 15.0. The van der Waals surface area contributed by atoms with Crippen molar-refractivity contribution < 1.29 is 14.5 Å². The second kappa shape index (κ2) is 8.42. The lowest BCUT2D eigenvalue weighted by molar-refractivity contribution is -0.384. The largest absolute Gasteiger partial charge is 0.322 e. The van der Waals surface area contributed by atoms with Crippen molar-refractivity contribution in [2.24, 2.45) is 0 Å². The molecule has 1 amide bonds. The maximum absolute atomic E-state index is 12.6. The van der Waals surface area contributed by atoms with E-state index in [1.165, 1.54) is 29.2 Å². The van der Waals surface area contributed by atoms with Crippen LogP contribution in [-0.2, 0) is 0 Å². The molecule has 31 heavy (non-hydrogen) atoms. The highest BCUT2D eigenvalue weighted by atomic mass is 16.6. The lowest BCUT2D eigenvalue weighted by atomic mass is 10.0. The zero-order chi connectivity index (χ0) is 21.8. The number of nitro benzene ring substituents is 1. The molecular weight excluding hydrogens is 396 g/mol. The van der Waals surface area contributed by atoms with E-state index in [4.69, 9.17) is 0 Å². The van der Waals surface area contributed by atoms with Crippen molar-refractivity contribution in [1.29, 1.82) is 0 Å². The van der Waals surface area contributed by atoms with E-state index >= 15 is 0 Å². The molecule has 0 aliphatic rings. The molecule has 0 saturated heterocycles. The Labute approximate surface area is 176 Å². The van der Waals surface area contributed by atoms with E-state index in [0.717, 1.165) is 0 Å². The normalized spacial score (nSPS) is 10.5. The number of hydrogen-bond donors (Lipinski definition) is 1. The molecule has 0 aliphatic heterocycles. The van der Waals surface area contributed by atoms with Gasteiger partial charge in [-0.25, -0.2) is 4.68 Å². The molecule has 0 bridgehead atoms. The monoisotopic (exact) mass is 412 g/mol. The van der Waals surface area contributed by atoms with Gasteiger partial charge in [0.05, 0.1) is 22.4 Å². The van der Waals surface area contributed by atoms with Gasteiger partial charge < -0.3 is 5.32 Å². The minimum atomic E-state index is -0.484. The summed E-state index contributed by atoms with van der Waals surface area (Å²) in [6.07, 6.45) is 2.92. The Kier molecular flexibility index (Phi) is 5.35. The van der Waals surface area contributed by atoms with Gasteiger partial charge in [-0.1, -0.05) is 42.5 Å². The Bertz CT molecular complexity index is 1260. The fraction of sp³-hybridized carbons (Fsp3) is 0. The topological polar surface area (TPSA) is 107 Å². The van der Waals surface area contributed by atoms with Crippen LogP contribution in [0.1, 0.15) is 26.3 Å². The van der Waals surface area contributed by atoms with Crippen molar-refractivity contribution in [1.82, 2.24) is 9.78 Å². The second-order valence-electron chi connectivity index (χ2n) is 6.68. The van der Waals surface area contributed by atoms with Crippen molar-refractivity contribution in [3.63, 3.8) is 0 Å². The van der Waals surface area contributed by atoms with Crippen molar-refractivity contribution in [2.45, 2.75) is 0 Å². The minimum absolute atomic E-state index is 0.0289. The summed E-state index contributed by atoms with van der Waals surface area (Å²) < 4.78 is 1.45. The fourth-order valence-corrected chi connectivity index (χ4v) is 3.01. The Balaban J connectivity index is 1.49. The van der Waals surface area contributed by atoms with E-state index in [0.29, 0.717) is 28.1 Å². The van der Waals surface area contributed by atoms with Crippen LogP contribution in [0.15, 0.2) is 91.3 Å². The summed E-state index contributed by atoms with van der Waals surface area (Å²) in [5, 5.41) is 17.7. The summed E-state index contributed by atoms with van der Waals surface area (Å²) >= 11 is 0. The first kappa shape index (κ1) is 19.7. The van der Waals surface area contributed by atoms with Crippen LogP contribution < -0.4 is 5.32 Å². The van der Waals surface area contributed by atoms with Gasteiger partial charge in [0.2, 0.25) is 0 Å². The summed E-state index contributed by atoms with van der Waals surface area (Å²) in [5.41, 5.74) is 2.37. The Morgan fingerprint density at radius 3 is 2.29 bits per heavy atom. The lowest BCUT2D eigenvalue weighted by Crippen LogP contribution is -2.12. The van der Waals surface area contributed by atoms with Gasteiger partial charge in [0.25, 0.3) is 11.6 Å². The van der Waals surface area contributed by atoms with E-state index in [1.807, 2.05) is 6.07 Å². The molecule has 0 saturated carbocycles. The predicted octanol–water partition coefficient (Wildman–Crippen LogP) is 4.26. The van der Waals surface area contributed by atoms with E-state index in [-0.39, 0.29) is 11.5 Å². The Hall–Kier alpha value is -4.59. The SMILES string of the molecule is O=C(Nc1cccc(C(=O)c2ccccc2)c1)c1cnn(-c2ccc([N+](=O)[O-])cc2)c1. The molecule has 8 nitrogen and oxygen atoms in total. The number of nitrogens with zero attached hydrogens (tertiary/aromatic N) is 3. The van der Waals surface area contributed by atoms with Crippen LogP contribution in [0.5, 0.6) is 0 Å². The van der Waals surface area contributed by atoms with Crippen LogP contribution in [0.25, 0.3) is 5.69 Å². The first-order valence-electron chi connectivity index (χ1n) is 9.32. The van der Waals surface area contributed by atoms with Crippen molar-refractivity contribution in [3.05, 3.63) is 118 Å². The number of aromatic nitrogens is 2. The number of amides is 1. The molecule has 4 rings (SSSR count). The number of nitrogens with one attached hydrogen (secondary N) is 1. The molecule has 152 valence electrons. The zero-order valence-electron chi connectivity index (χ0n) is 16.1. The number of non-ortho nitro benzene ring substituents is 1. The third-order valence-electron chi connectivity index (χ3n) is 4.59. The van der Waals surface area contributed by atoms with Gasteiger partial charge in [-0.15, -0.1) is 0 Å². The summed E-state index contributed by atoms with van der Waals surface area (Å²) in [4.78, 5) is 35.5. The van der Waals surface area contributed by atoms with Gasteiger partial charge in [0.1, 0.15) is 0 Å². The number of benzene rings is 3. The smallest absolute Gasteiger partial charge is 0.269 e. The number of carbonyl (C=O) groups is 2. The van der Waals surface area contributed by atoms with Crippen molar-refractivity contribution >= 4 is 23.1 Å². The average molecular weight is 412 g/mol. The maximum Gasteiger partial charge on any atom is 0.269 e. The number of nitro groups is 1. The highest BCUT2D eigenvalue weighted by molar-refractivity contribution is 6.10. The van der Waals surface area contributed by atoms with Crippen LogP contribution in [-0.4, -0.2) is 26.4 Å². The molecule has 0 aliphatic carbocycles. The Morgan fingerprint density at radius 1 is 0.871 bits per heavy atom. The van der Waals surface area contributed by atoms with Crippen LogP contribution >= 0.6 is 0 Å². The van der Waals surface area contributed by atoms with Gasteiger partial charge in [0.15, 0.2) is 5.78 Å². The van der Waals surface area contributed by atoms with Crippen LogP contribution in [0.4, 0.5) is 11.4 Å². The summed E-state index contributed by atoms with van der Waals surface area (Å²) in [6.45, 7) is 0. The third kappa shape index (κ3) is 4.38. The van der Waals surface area contributed by atoms with Gasteiger partial charge in [0, 0.05) is 35.1 Å². The second-order valence-corrected chi connectivity index (χ2v) is 6.68. The Morgan fingerprint density at radius 2 is 1.58 bits per heavy atom. The molecule has 8 heteroatoms. The molecule has 0 fully saturated rings. The molecule has 0 atom stereocenters. The predicted molar refractivity (Wildman–Crippen MR) is 114 cm³/mol. The molecule has 4 aromatic rings. The maximum atomic E-state index is 12.6.